The van der Waals surface area contributed by atoms with Crippen LogP contribution in [0.4, 0.5) is 0 Å². The van der Waals surface area contributed by atoms with Crippen molar-refractivity contribution in [2.75, 3.05) is 13.1 Å². The molecule has 0 rings (SSSR count). The van der Waals surface area contributed by atoms with Crippen molar-refractivity contribution in [2.24, 2.45) is 0 Å². The number of likely N-dealkylation sites (N-methyl/N-ethyl adjacent to an activating group) is 1. The molecule has 1 amide bonds. The maximum atomic E-state index is 11.8. The average Bonchev–Trinajstić information content (AvgIpc) is 2.29. The molecule has 0 saturated heterocycles. The van der Waals surface area contributed by atoms with Crippen LogP contribution in [0.15, 0.2) is 11.6 Å². The highest BCUT2D eigenvalue weighted by atomic mass is 16.5. The summed E-state index contributed by atoms with van der Waals surface area (Å²) in [4.78, 5) is 35.2. The normalized spacial score (nSPS) is 12.8. The third-order valence-corrected chi connectivity index (χ3v) is 2.37. The first-order chi connectivity index (χ1) is 8.33. The van der Waals surface area contributed by atoms with Crippen LogP contribution in [0.1, 0.15) is 27.7 Å². The number of esters is 1. The van der Waals surface area contributed by atoms with Crippen molar-refractivity contribution >= 4 is 17.8 Å². The number of amides is 1. The molecule has 0 fully saturated rings. The minimum atomic E-state index is -1.23. The number of nitrogens with zero attached hydrogens (tertiary/aromatic N) is 1. The molecule has 0 aromatic carbocycles. The summed E-state index contributed by atoms with van der Waals surface area (Å²) in [5, 5.41) is 8.48. The van der Waals surface area contributed by atoms with Crippen molar-refractivity contribution in [3.63, 3.8) is 0 Å². The van der Waals surface area contributed by atoms with Crippen LogP contribution in [0.2, 0.25) is 0 Å². The van der Waals surface area contributed by atoms with Crippen LogP contribution in [-0.4, -0.2) is 47.0 Å². The van der Waals surface area contributed by atoms with Crippen molar-refractivity contribution in [1.82, 2.24) is 4.90 Å². The van der Waals surface area contributed by atoms with E-state index in [1.54, 1.807) is 0 Å². The van der Waals surface area contributed by atoms with Gasteiger partial charge in [-0.1, -0.05) is 0 Å². The Labute approximate surface area is 106 Å². The molecule has 6 heteroatoms. The molecule has 0 spiro atoms. The summed E-state index contributed by atoms with van der Waals surface area (Å²) in [7, 11) is 0. The molecule has 0 bridgehead atoms. The zero-order chi connectivity index (χ0) is 14.3. The Kier molecular flexibility index (Phi) is 6.70. The Hall–Kier alpha value is -1.85. The van der Waals surface area contributed by atoms with Crippen molar-refractivity contribution in [3.05, 3.63) is 11.6 Å². The van der Waals surface area contributed by atoms with Gasteiger partial charge in [0.2, 0.25) is 0 Å². The Balaban J connectivity index is 4.57. The Morgan fingerprint density at radius 2 is 1.78 bits per heavy atom. The predicted octanol–water partition coefficient (Wildman–Crippen LogP) is 0.817. The molecule has 0 aliphatic rings. The summed E-state index contributed by atoms with van der Waals surface area (Å²) in [5.74, 6) is -2.32. The van der Waals surface area contributed by atoms with E-state index in [1.807, 2.05) is 13.8 Å². The molecule has 0 aliphatic carbocycles. The summed E-state index contributed by atoms with van der Waals surface area (Å²) in [6.07, 6.45) is -0.175. The van der Waals surface area contributed by atoms with Crippen LogP contribution in [-0.2, 0) is 19.1 Å². The minimum Gasteiger partial charge on any atom is -0.478 e. The molecule has 18 heavy (non-hydrogen) atoms. The molecule has 0 aromatic rings. The highest BCUT2D eigenvalue weighted by Gasteiger charge is 2.22. The van der Waals surface area contributed by atoms with Gasteiger partial charge in [0.1, 0.15) is 0 Å². The first-order valence-corrected chi connectivity index (χ1v) is 5.74. The maximum absolute atomic E-state index is 11.8. The van der Waals surface area contributed by atoms with E-state index in [1.165, 1.54) is 18.7 Å². The number of carboxylic acids is 1. The van der Waals surface area contributed by atoms with E-state index >= 15 is 0 Å². The second-order valence-electron chi connectivity index (χ2n) is 3.72. The van der Waals surface area contributed by atoms with E-state index in [4.69, 9.17) is 9.84 Å². The smallest absolute Gasteiger partial charge is 0.334 e. The monoisotopic (exact) mass is 257 g/mol. The van der Waals surface area contributed by atoms with Gasteiger partial charge in [0.15, 0.2) is 6.10 Å². The molecule has 6 nitrogen and oxygen atoms in total. The van der Waals surface area contributed by atoms with Crippen molar-refractivity contribution < 1.29 is 24.2 Å². The molecular weight excluding hydrogens is 238 g/mol. The SMILES string of the molecule is CCN(CC)C(=O)C(C)OC(=O)/C(C)=C/C(=O)O. The highest BCUT2D eigenvalue weighted by molar-refractivity contribution is 5.96. The third kappa shape index (κ3) is 4.99. The molecule has 0 radical (unpaired) electrons. The van der Waals surface area contributed by atoms with Gasteiger partial charge in [-0.05, 0) is 27.7 Å². The molecule has 1 N–H and O–H groups in total. The number of aliphatic carboxylic acids is 1. The van der Waals surface area contributed by atoms with Crippen LogP contribution in [0.3, 0.4) is 0 Å². The summed E-state index contributed by atoms with van der Waals surface area (Å²) in [5.41, 5.74) is -0.0540. The van der Waals surface area contributed by atoms with Crippen LogP contribution in [0.25, 0.3) is 0 Å². The van der Waals surface area contributed by atoms with E-state index < -0.39 is 18.0 Å². The van der Waals surface area contributed by atoms with Gasteiger partial charge in [-0.15, -0.1) is 0 Å². The Bertz CT molecular complexity index is 357. The molecule has 1 atom stereocenters. The largest absolute Gasteiger partial charge is 0.478 e. The van der Waals surface area contributed by atoms with E-state index in [0.29, 0.717) is 13.1 Å². The van der Waals surface area contributed by atoms with Crippen molar-refractivity contribution in [2.45, 2.75) is 33.8 Å². The van der Waals surface area contributed by atoms with E-state index in [0.717, 1.165) is 6.08 Å². The van der Waals surface area contributed by atoms with Gasteiger partial charge in [-0.2, -0.15) is 0 Å². The summed E-state index contributed by atoms with van der Waals surface area (Å²) < 4.78 is 4.90. The molecule has 0 saturated carbocycles. The Morgan fingerprint density at radius 1 is 1.28 bits per heavy atom. The second kappa shape index (κ2) is 7.47. The van der Waals surface area contributed by atoms with Crippen LogP contribution < -0.4 is 0 Å². The summed E-state index contributed by atoms with van der Waals surface area (Å²) >= 11 is 0. The molecule has 102 valence electrons. The number of hydrogen-bond acceptors (Lipinski definition) is 4. The molecule has 0 aliphatic heterocycles. The minimum absolute atomic E-state index is 0.0540. The lowest BCUT2D eigenvalue weighted by molar-refractivity contribution is -0.156. The third-order valence-electron chi connectivity index (χ3n) is 2.37. The van der Waals surface area contributed by atoms with Gasteiger partial charge in [0.25, 0.3) is 5.91 Å². The van der Waals surface area contributed by atoms with Crippen LogP contribution in [0, 0.1) is 0 Å². The average molecular weight is 257 g/mol. The summed E-state index contributed by atoms with van der Waals surface area (Å²) in [6, 6.07) is 0. The molecule has 0 aromatic heterocycles. The molecule has 0 heterocycles. The fourth-order valence-electron chi connectivity index (χ4n) is 1.34. The fraction of sp³-hybridized carbons (Fsp3) is 0.583. The number of carboxylic acid groups (broad SMARTS) is 1. The number of hydrogen-bond donors (Lipinski definition) is 1. The molecular formula is C12H19NO5. The lowest BCUT2D eigenvalue weighted by atomic mass is 10.2. The van der Waals surface area contributed by atoms with E-state index in [-0.39, 0.29) is 11.5 Å². The van der Waals surface area contributed by atoms with Crippen LogP contribution >= 0.6 is 0 Å². The topological polar surface area (TPSA) is 83.9 Å². The molecule has 1 unspecified atom stereocenters. The summed E-state index contributed by atoms with van der Waals surface area (Å²) in [6.45, 7) is 7.50. The zero-order valence-corrected chi connectivity index (χ0v) is 11.1. The lowest BCUT2D eigenvalue weighted by Gasteiger charge is -2.22. The number of rotatable bonds is 6. The van der Waals surface area contributed by atoms with Crippen molar-refractivity contribution in [1.29, 1.82) is 0 Å². The second-order valence-corrected chi connectivity index (χ2v) is 3.72. The quantitative estimate of drug-likeness (QED) is 0.562. The van der Waals surface area contributed by atoms with E-state index in [2.05, 4.69) is 0 Å². The van der Waals surface area contributed by atoms with Gasteiger partial charge in [0.05, 0.1) is 0 Å². The maximum Gasteiger partial charge on any atom is 0.334 e. The van der Waals surface area contributed by atoms with E-state index in [9.17, 15) is 14.4 Å². The highest BCUT2D eigenvalue weighted by Crippen LogP contribution is 2.04. The van der Waals surface area contributed by atoms with Gasteiger partial charge in [0, 0.05) is 24.7 Å². The fourth-order valence-corrected chi connectivity index (χ4v) is 1.34. The first-order valence-electron chi connectivity index (χ1n) is 5.74. The zero-order valence-electron chi connectivity index (χ0n) is 11.1. The van der Waals surface area contributed by atoms with Crippen molar-refractivity contribution in [3.8, 4) is 0 Å². The van der Waals surface area contributed by atoms with Crippen LogP contribution in [0.5, 0.6) is 0 Å². The van der Waals surface area contributed by atoms with Gasteiger partial charge in [-0.3, -0.25) is 4.79 Å². The first kappa shape index (κ1) is 16.1. The lowest BCUT2D eigenvalue weighted by Crippen LogP contribution is -2.39. The van der Waals surface area contributed by atoms with Gasteiger partial charge < -0.3 is 14.7 Å². The number of carbonyl (C=O) groups excluding carboxylic acids is 2. The van der Waals surface area contributed by atoms with Gasteiger partial charge >= 0.3 is 11.9 Å². The number of ether oxygens (including phenoxy) is 1. The van der Waals surface area contributed by atoms with Gasteiger partial charge in [-0.25, -0.2) is 9.59 Å². The predicted molar refractivity (Wildman–Crippen MR) is 64.9 cm³/mol. The standard InChI is InChI=1S/C12H19NO5/c1-5-13(6-2)11(16)9(4)18-12(17)8(3)7-10(14)15/h7,9H,5-6H2,1-4H3,(H,14,15)/b8-7+. The number of carbonyl (C=O) groups is 3. The Morgan fingerprint density at radius 3 is 2.17 bits per heavy atom.